The highest BCUT2D eigenvalue weighted by atomic mass is 35.5. The molecule has 0 radical (unpaired) electrons. The van der Waals surface area contributed by atoms with Crippen LogP contribution in [0.3, 0.4) is 0 Å². The van der Waals surface area contributed by atoms with Crippen molar-refractivity contribution in [2.45, 2.75) is 12.5 Å². The Hall–Kier alpha value is -4.81. The van der Waals surface area contributed by atoms with E-state index in [9.17, 15) is 5.11 Å². The monoisotopic (exact) mass is 514 g/mol. The molecule has 4 heterocycles. The van der Waals surface area contributed by atoms with Crippen molar-refractivity contribution in [3.05, 3.63) is 143 Å². The fourth-order valence-corrected chi connectivity index (χ4v) is 4.05. The van der Waals surface area contributed by atoms with E-state index < -0.39 is 0 Å². The van der Waals surface area contributed by atoms with Gasteiger partial charge in [-0.15, -0.1) is 11.6 Å². The fourth-order valence-electron chi connectivity index (χ4n) is 3.86. The first-order valence-electron chi connectivity index (χ1n) is 12.0. The van der Waals surface area contributed by atoms with Crippen LogP contribution >= 0.6 is 11.6 Å². The van der Waals surface area contributed by atoms with E-state index >= 15 is 0 Å². The molecule has 4 aromatic heterocycles. The summed E-state index contributed by atoms with van der Waals surface area (Å²) >= 11 is 5.94. The molecular weight excluding hydrogens is 492 g/mol. The molecule has 0 unspecified atom stereocenters. The van der Waals surface area contributed by atoms with Gasteiger partial charge < -0.3 is 5.11 Å². The summed E-state index contributed by atoms with van der Waals surface area (Å²) in [6, 6.07) is 31.2. The zero-order chi connectivity index (χ0) is 26.2. The van der Waals surface area contributed by atoms with Gasteiger partial charge >= 0.3 is 0 Å². The van der Waals surface area contributed by atoms with Crippen molar-refractivity contribution in [3.63, 3.8) is 0 Å². The van der Waals surface area contributed by atoms with Crippen LogP contribution in [0.2, 0.25) is 0 Å². The number of pyridine rings is 2. The molecule has 0 aliphatic heterocycles. The van der Waals surface area contributed by atoms with Gasteiger partial charge in [-0.2, -0.15) is 0 Å². The van der Waals surface area contributed by atoms with Gasteiger partial charge in [-0.25, -0.2) is 9.97 Å². The van der Waals surface area contributed by atoms with Crippen molar-refractivity contribution < 1.29 is 5.11 Å². The Kier molecular flexibility index (Phi) is 7.82. The molecule has 0 atom stereocenters. The summed E-state index contributed by atoms with van der Waals surface area (Å²) in [5.41, 5.74) is 6.60. The van der Waals surface area contributed by atoms with Crippen molar-refractivity contribution in [1.82, 2.24) is 18.8 Å². The van der Waals surface area contributed by atoms with Crippen molar-refractivity contribution in [2.75, 3.05) is 0 Å². The number of imidazole rings is 2. The Bertz CT molecular complexity index is 1660. The summed E-state index contributed by atoms with van der Waals surface area (Å²) in [5.74, 6) is 12.9. The smallest absolute Gasteiger partial charge is 0.138 e. The number of aromatic nitrogens is 4. The van der Waals surface area contributed by atoms with Gasteiger partial charge in [-0.3, -0.25) is 8.80 Å². The first kappa shape index (κ1) is 24.9. The predicted octanol–water partition coefficient (Wildman–Crippen LogP) is 5.70. The molecule has 184 valence electrons. The van der Waals surface area contributed by atoms with Gasteiger partial charge in [0.25, 0.3) is 0 Å². The van der Waals surface area contributed by atoms with E-state index in [-0.39, 0.29) is 6.61 Å². The third-order valence-corrected chi connectivity index (χ3v) is 5.93. The van der Waals surface area contributed by atoms with Gasteiger partial charge in [0.05, 0.1) is 18.2 Å². The average molecular weight is 515 g/mol. The van der Waals surface area contributed by atoms with E-state index in [4.69, 9.17) is 11.6 Å². The Morgan fingerprint density at radius 1 is 0.579 bits per heavy atom. The highest BCUT2D eigenvalue weighted by Gasteiger charge is 2.09. The number of hydrogen-bond donors (Lipinski definition) is 1. The van der Waals surface area contributed by atoms with Gasteiger partial charge in [0.2, 0.25) is 0 Å². The number of fused-ring (bicyclic) bond motifs is 2. The zero-order valence-electron chi connectivity index (χ0n) is 20.4. The Morgan fingerprint density at radius 3 is 1.50 bits per heavy atom. The number of aliphatic hydroxyl groups is 1. The highest BCUT2D eigenvalue weighted by Crippen LogP contribution is 2.14. The average Bonchev–Trinajstić information content (AvgIpc) is 3.54. The molecule has 2 aromatic carbocycles. The molecule has 6 heteroatoms. The first-order valence-corrected chi connectivity index (χ1v) is 12.5. The summed E-state index contributed by atoms with van der Waals surface area (Å²) < 4.78 is 3.86. The van der Waals surface area contributed by atoms with Crippen molar-refractivity contribution in [3.8, 4) is 23.7 Å². The molecule has 38 heavy (non-hydrogen) atoms. The number of alkyl halides is 1. The van der Waals surface area contributed by atoms with Crippen molar-refractivity contribution in [1.29, 1.82) is 0 Å². The van der Waals surface area contributed by atoms with Crippen LogP contribution in [0.25, 0.3) is 11.3 Å². The number of rotatable bonds is 2. The number of hydrogen-bond acceptors (Lipinski definition) is 3. The minimum absolute atomic E-state index is 0.111. The number of benzene rings is 2. The number of halogens is 1. The molecule has 0 aliphatic rings. The summed E-state index contributed by atoms with van der Waals surface area (Å²) in [6.45, 7) is -0.111. The second-order valence-electron chi connectivity index (χ2n) is 8.20. The van der Waals surface area contributed by atoms with Gasteiger partial charge in [-0.05, 0) is 60.4 Å². The number of aliphatic hydroxyl groups excluding tert-OH is 1. The first-order chi connectivity index (χ1) is 18.8. The molecule has 0 amide bonds. The third kappa shape index (κ3) is 5.61. The molecule has 0 aliphatic carbocycles. The molecule has 6 rings (SSSR count). The van der Waals surface area contributed by atoms with Gasteiger partial charge in [0.1, 0.15) is 28.4 Å². The van der Waals surface area contributed by atoms with E-state index in [2.05, 4.69) is 33.6 Å². The summed E-state index contributed by atoms with van der Waals surface area (Å²) in [4.78, 5) is 8.83. The van der Waals surface area contributed by atoms with Crippen LogP contribution in [0.5, 0.6) is 0 Å². The molecule has 6 aromatic rings. The van der Waals surface area contributed by atoms with Crippen molar-refractivity contribution in [2.24, 2.45) is 0 Å². The molecular formula is C32H23ClN4O. The summed E-state index contributed by atoms with van der Waals surface area (Å²) in [5, 5.41) is 9.37. The van der Waals surface area contributed by atoms with Gasteiger partial charge in [-0.1, -0.05) is 60.4 Å². The summed E-state index contributed by atoms with van der Waals surface area (Å²) in [6.07, 6.45) is 3.85. The minimum Gasteiger partial charge on any atom is -0.390 e. The van der Waals surface area contributed by atoms with E-state index in [1.165, 1.54) is 0 Å². The molecule has 0 bridgehead atoms. The third-order valence-electron chi connectivity index (χ3n) is 5.68. The SMILES string of the molecule is ClCc1nc2ccccn2c1C#Cc1ccccc1.OCc1nc2ccccn2c1C#Cc1ccccc1. The van der Waals surface area contributed by atoms with Crippen molar-refractivity contribution >= 4 is 22.9 Å². The Balaban J connectivity index is 0.000000155. The van der Waals surface area contributed by atoms with E-state index in [0.29, 0.717) is 11.6 Å². The lowest BCUT2D eigenvalue weighted by Crippen LogP contribution is -1.91. The van der Waals surface area contributed by atoms with Crippen LogP contribution in [-0.2, 0) is 12.5 Å². The maximum absolute atomic E-state index is 9.37. The van der Waals surface area contributed by atoms with E-state index in [0.717, 1.165) is 39.5 Å². The van der Waals surface area contributed by atoms with E-state index in [1.807, 2.05) is 118 Å². The second-order valence-corrected chi connectivity index (χ2v) is 8.46. The maximum atomic E-state index is 9.37. The second kappa shape index (κ2) is 12.0. The molecule has 0 fully saturated rings. The Morgan fingerprint density at radius 2 is 1.03 bits per heavy atom. The molecule has 0 saturated carbocycles. The lowest BCUT2D eigenvalue weighted by atomic mass is 10.2. The van der Waals surface area contributed by atoms with Crippen LogP contribution in [0.4, 0.5) is 0 Å². The van der Waals surface area contributed by atoms with Crippen LogP contribution in [0.15, 0.2) is 109 Å². The molecule has 0 saturated heterocycles. The largest absolute Gasteiger partial charge is 0.390 e. The summed E-state index contributed by atoms with van der Waals surface area (Å²) in [7, 11) is 0. The maximum Gasteiger partial charge on any atom is 0.138 e. The number of nitrogens with zero attached hydrogens (tertiary/aromatic N) is 4. The normalized spacial score (nSPS) is 10.2. The van der Waals surface area contributed by atoms with Crippen LogP contribution in [-0.4, -0.2) is 23.9 Å². The van der Waals surface area contributed by atoms with Crippen LogP contribution < -0.4 is 0 Å². The standard InChI is InChI=1S/C16H11ClN2.C16H12N2O/c17-12-14-15(10-9-13-6-2-1-3-7-13)19-11-5-4-8-16(19)18-14;19-12-14-15(10-9-13-6-2-1-3-7-13)18-11-5-4-8-16(18)17-14/h1-8,11H,12H2;1-8,11,19H,12H2. The molecule has 0 spiro atoms. The van der Waals surface area contributed by atoms with Crippen LogP contribution in [0, 0.1) is 23.7 Å². The van der Waals surface area contributed by atoms with Gasteiger partial charge in [0, 0.05) is 23.5 Å². The van der Waals surface area contributed by atoms with Gasteiger partial charge in [0.15, 0.2) is 0 Å². The topological polar surface area (TPSA) is 54.8 Å². The predicted molar refractivity (Wildman–Crippen MR) is 151 cm³/mol. The zero-order valence-corrected chi connectivity index (χ0v) is 21.2. The van der Waals surface area contributed by atoms with Crippen LogP contribution in [0.1, 0.15) is 33.9 Å². The highest BCUT2D eigenvalue weighted by molar-refractivity contribution is 6.17. The Labute approximate surface area is 226 Å². The lowest BCUT2D eigenvalue weighted by Gasteiger charge is -1.94. The molecule has 5 nitrogen and oxygen atoms in total. The molecule has 1 N–H and O–H groups in total. The quantitative estimate of drug-likeness (QED) is 0.238. The fraction of sp³-hybridized carbons (Fsp3) is 0.0625. The van der Waals surface area contributed by atoms with E-state index in [1.54, 1.807) is 0 Å². The minimum atomic E-state index is -0.111. The lowest BCUT2D eigenvalue weighted by molar-refractivity contribution is 0.277.